The maximum absolute atomic E-state index is 5.83. The van der Waals surface area contributed by atoms with Gasteiger partial charge in [-0.15, -0.1) is 0 Å². The molecule has 0 aliphatic carbocycles. The van der Waals surface area contributed by atoms with Gasteiger partial charge in [-0.1, -0.05) is 35.0 Å². The zero-order chi connectivity index (χ0) is 12.3. The molecule has 1 aromatic carbocycles. The van der Waals surface area contributed by atoms with Crippen LogP contribution < -0.4 is 11.2 Å². The Hall–Kier alpha value is -1.49. The van der Waals surface area contributed by atoms with Crippen molar-refractivity contribution in [1.29, 1.82) is 0 Å². The van der Waals surface area contributed by atoms with E-state index in [4.69, 9.17) is 5.84 Å². The largest absolute Gasteiger partial charge is 0.354 e. The Morgan fingerprint density at radius 3 is 2.71 bits per heavy atom. The SMILES string of the molecule is CCCNc1nc(-c2ccc(Br)cc2)cn1N. The van der Waals surface area contributed by atoms with Crippen LogP contribution in [0.4, 0.5) is 5.95 Å². The summed E-state index contributed by atoms with van der Waals surface area (Å²) < 4.78 is 2.57. The first kappa shape index (κ1) is 12.0. The van der Waals surface area contributed by atoms with Crippen molar-refractivity contribution in [3.63, 3.8) is 0 Å². The van der Waals surface area contributed by atoms with Crippen molar-refractivity contribution in [3.8, 4) is 11.3 Å². The highest BCUT2D eigenvalue weighted by atomic mass is 79.9. The minimum absolute atomic E-state index is 0.699. The number of rotatable bonds is 4. The van der Waals surface area contributed by atoms with E-state index in [0.717, 1.165) is 28.7 Å². The minimum atomic E-state index is 0.699. The fourth-order valence-electron chi connectivity index (χ4n) is 1.52. The van der Waals surface area contributed by atoms with E-state index in [0.29, 0.717) is 5.95 Å². The number of aromatic nitrogens is 2. The van der Waals surface area contributed by atoms with Gasteiger partial charge in [0, 0.05) is 16.6 Å². The summed E-state index contributed by atoms with van der Waals surface area (Å²) in [5.41, 5.74) is 1.93. The van der Waals surface area contributed by atoms with Gasteiger partial charge in [0.15, 0.2) is 0 Å². The van der Waals surface area contributed by atoms with Crippen molar-refractivity contribution in [2.75, 3.05) is 17.7 Å². The topological polar surface area (TPSA) is 55.9 Å². The number of nitrogens with two attached hydrogens (primary N) is 1. The fourth-order valence-corrected chi connectivity index (χ4v) is 1.79. The molecule has 0 aliphatic heterocycles. The van der Waals surface area contributed by atoms with Crippen molar-refractivity contribution < 1.29 is 0 Å². The van der Waals surface area contributed by atoms with Crippen LogP contribution in [-0.4, -0.2) is 16.2 Å². The first-order valence-corrected chi connectivity index (χ1v) is 6.34. The number of hydrogen-bond acceptors (Lipinski definition) is 3. The molecular weight excluding hydrogens is 280 g/mol. The Kier molecular flexibility index (Phi) is 3.68. The molecular formula is C12H15BrN4. The van der Waals surface area contributed by atoms with Crippen molar-refractivity contribution >= 4 is 21.9 Å². The van der Waals surface area contributed by atoms with Crippen molar-refractivity contribution in [2.45, 2.75) is 13.3 Å². The Labute approximate surface area is 109 Å². The Bertz CT molecular complexity index is 490. The Morgan fingerprint density at radius 2 is 2.06 bits per heavy atom. The predicted octanol–water partition coefficient (Wildman–Crippen LogP) is 2.85. The van der Waals surface area contributed by atoms with E-state index in [2.05, 4.69) is 33.2 Å². The lowest BCUT2D eigenvalue weighted by Crippen LogP contribution is -2.13. The molecule has 0 radical (unpaired) electrons. The zero-order valence-corrected chi connectivity index (χ0v) is 11.2. The number of imidazole rings is 1. The molecule has 0 unspecified atom stereocenters. The van der Waals surface area contributed by atoms with Crippen LogP contribution >= 0.6 is 15.9 Å². The van der Waals surface area contributed by atoms with Crippen LogP contribution in [0, 0.1) is 0 Å². The molecule has 3 N–H and O–H groups in total. The second-order valence-electron chi connectivity index (χ2n) is 3.79. The van der Waals surface area contributed by atoms with Crippen molar-refractivity contribution in [3.05, 3.63) is 34.9 Å². The van der Waals surface area contributed by atoms with Gasteiger partial charge in [0.05, 0.1) is 11.9 Å². The molecule has 4 nitrogen and oxygen atoms in total. The normalized spacial score (nSPS) is 10.5. The summed E-state index contributed by atoms with van der Waals surface area (Å²) in [4.78, 5) is 4.46. The summed E-state index contributed by atoms with van der Waals surface area (Å²) in [6.07, 6.45) is 2.86. The van der Waals surface area contributed by atoms with Gasteiger partial charge in [-0.2, -0.15) is 0 Å². The first-order chi connectivity index (χ1) is 8.20. The smallest absolute Gasteiger partial charge is 0.222 e. The van der Waals surface area contributed by atoms with Crippen LogP contribution in [0.1, 0.15) is 13.3 Å². The number of hydrogen-bond donors (Lipinski definition) is 2. The molecule has 2 aromatic rings. The lowest BCUT2D eigenvalue weighted by atomic mass is 10.2. The van der Waals surface area contributed by atoms with Gasteiger partial charge in [-0.25, -0.2) is 9.66 Å². The van der Waals surface area contributed by atoms with Gasteiger partial charge >= 0.3 is 0 Å². The number of anilines is 1. The fraction of sp³-hybridized carbons (Fsp3) is 0.250. The van der Waals surface area contributed by atoms with Gasteiger partial charge in [-0.3, -0.25) is 0 Å². The van der Waals surface area contributed by atoms with E-state index in [1.165, 1.54) is 4.68 Å². The summed E-state index contributed by atoms with van der Waals surface area (Å²) in [5, 5.41) is 3.18. The average Bonchev–Trinajstić information content (AvgIpc) is 2.69. The number of halogens is 1. The van der Waals surface area contributed by atoms with Crippen LogP contribution in [-0.2, 0) is 0 Å². The second-order valence-corrected chi connectivity index (χ2v) is 4.71. The van der Waals surface area contributed by atoms with Gasteiger partial charge in [0.1, 0.15) is 0 Å². The average molecular weight is 295 g/mol. The summed E-state index contributed by atoms with van der Waals surface area (Å²) in [6, 6.07) is 8.00. The summed E-state index contributed by atoms with van der Waals surface area (Å²) >= 11 is 3.41. The van der Waals surface area contributed by atoms with E-state index in [1.54, 1.807) is 0 Å². The van der Waals surface area contributed by atoms with Gasteiger partial charge in [0.25, 0.3) is 0 Å². The highest BCUT2D eigenvalue weighted by Gasteiger charge is 2.06. The molecule has 0 saturated carbocycles. The standard InChI is InChI=1S/C12H15BrN4/c1-2-7-15-12-16-11(8-17(12)14)9-3-5-10(13)6-4-9/h3-6,8H,2,7,14H2,1H3,(H,15,16). The van der Waals surface area contributed by atoms with E-state index >= 15 is 0 Å². The van der Waals surface area contributed by atoms with Crippen LogP contribution in [0.5, 0.6) is 0 Å². The minimum Gasteiger partial charge on any atom is -0.354 e. The zero-order valence-electron chi connectivity index (χ0n) is 9.65. The van der Waals surface area contributed by atoms with E-state index in [9.17, 15) is 0 Å². The lowest BCUT2D eigenvalue weighted by molar-refractivity contribution is 0.921. The summed E-state index contributed by atoms with van der Waals surface area (Å²) in [7, 11) is 0. The molecule has 0 aliphatic rings. The number of nitrogens with one attached hydrogen (secondary N) is 1. The van der Waals surface area contributed by atoms with Gasteiger partial charge < -0.3 is 11.2 Å². The molecule has 1 aromatic heterocycles. The lowest BCUT2D eigenvalue weighted by Gasteiger charge is -2.02. The molecule has 0 atom stereocenters. The van der Waals surface area contributed by atoms with Gasteiger partial charge in [-0.05, 0) is 18.6 Å². The van der Waals surface area contributed by atoms with Crippen LogP contribution in [0.25, 0.3) is 11.3 Å². The van der Waals surface area contributed by atoms with Crippen LogP contribution in [0.2, 0.25) is 0 Å². The summed E-state index contributed by atoms with van der Waals surface area (Å²) in [5.74, 6) is 6.53. The molecule has 5 heteroatoms. The maximum Gasteiger partial charge on any atom is 0.222 e. The first-order valence-electron chi connectivity index (χ1n) is 5.55. The molecule has 1 heterocycles. The van der Waals surface area contributed by atoms with Crippen molar-refractivity contribution in [1.82, 2.24) is 9.66 Å². The predicted molar refractivity (Wildman–Crippen MR) is 74.3 cm³/mol. The molecule has 0 fully saturated rings. The number of benzene rings is 1. The van der Waals surface area contributed by atoms with Gasteiger partial charge in [0.2, 0.25) is 5.95 Å². The quantitative estimate of drug-likeness (QED) is 0.853. The van der Waals surface area contributed by atoms with Crippen molar-refractivity contribution in [2.24, 2.45) is 0 Å². The highest BCUT2D eigenvalue weighted by molar-refractivity contribution is 9.10. The van der Waals surface area contributed by atoms with E-state index in [-0.39, 0.29) is 0 Å². The number of nitrogens with zero attached hydrogens (tertiary/aromatic N) is 2. The maximum atomic E-state index is 5.83. The van der Waals surface area contributed by atoms with Crippen LogP contribution in [0.3, 0.4) is 0 Å². The third kappa shape index (κ3) is 2.79. The highest BCUT2D eigenvalue weighted by Crippen LogP contribution is 2.21. The molecule has 0 amide bonds. The Morgan fingerprint density at radius 1 is 1.35 bits per heavy atom. The molecule has 17 heavy (non-hydrogen) atoms. The Balaban J connectivity index is 2.24. The monoisotopic (exact) mass is 294 g/mol. The molecule has 2 rings (SSSR count). The van der Waals surface area contributed by atoms with E-state index < -0.39 is 0 Å². The number of nitrogen functional groups attached to an aromatic ring is 1. The molecule has 0 saturated heterocycles. The third-order valence-electron chi connectivity index (χ3n) is 2.41. The summed E-state index contributed by atoms with van der Waals surface area (Å²) in [6.45, 7) is 2.97. The van der Waals surface area contributed by atoms with E-state index in [1.807, 2.05) is 30.5 Å². The second kappa shape index (κ2) is 5.23. The third-order valence-corrected chi connectivity index (χ3v) is 2.93. The van der Waals surface area contributed by atoms with Crippen LogP contribution in [0.15, 0.2) is 34.9 Å². The molecule has 90 valence electrons. The molecule has 0 bridgehead atoms. The molecule has 0 spiro atoms.